The lowest BCUT2D eigenvalue weighted by Gasteiger charge is -2.28. The predicted molar refractivity (Wildman–Crippen MR) is 99.0 cm³/mol. The summed E-state index contributed by atoms with van der Waals surface area (Å²) in [6.07, 6.45) is -0.314. The minimum atomic E-state index is -5.08. The fourth-order valence-corrected chi connectivity index (χ4v) is 2.81. The van der Waals surface area contributed by atoms with Gasteiger partial charge in [0.05, 0.1) is 17.6 Å². The minimum absolute atomic E-state index is 0.531. The van der Waals surface area contributed by atoms with Crippen LogP contribution in [-0.2, 0) is 37.9 Å². The van der Waals surface area contributed by atoms with Crippen LogP contribution < -0.4 is 10.6 Å². The zero-order valence-electron chi connectivity index (χ0n) is 16.4. The number of hydrogen-bond acceptors (Lipinski definition) is 7. The van der Waals surface area contributed by atoms with Crippen LogP contribution >= 0.6 is 0 Å². The summed E-state index contributed by atoms with van der Waals surface area (Å²) in [5, 5.41) is 11.4. The highest BCUT2D eigenvalue weighted by molar-refractivity contribution is 5.73. The third-order valence-corrected chi connectivity index (χ3v) is 4.38. The fraction of sp³-hybridized carbons (Fsp3) is 0.529. The molecule has 0 amide bonds. The lowest BCUT2D eigenvalue weighted by atomic mass is 10.1. The van der Waals surface area contributed by atoms with Crippen LogP contribution in [-0.4, -0.2) is 62.5 Å². The van der Waals surface area contributed by atoms with Gasteiger partial charge in [0.2, 0.25) is 5.95 Å². The van der Waals surface area contributed by atoms with E-state index in [2.05, 4.69) is 20.0 Å². The Morgan fingerprint density at radius 3 is 2.55 bits per heavy atom. The number of carboxylic acid groups (broad SMARTS) is 1. The number of alkyl halides is 3. The van der Waals surface area contributed by atoms with Crippen LogP contribution in [0.2, 0.25) is 0 Å². The number of hydrogen-bond donors (Lipinski definition) is 2. The first-order valence-corrected chi connectivity index (χ1v) is 8.77. The number of aliphatic carboxylic acids is 1. The summed E-state index contributed by atoms with van der Waals surface area (Å²) in [4.78, 5) is 22.3. The highest BCUT2D eigenvalue weighted by atomic mass is 19.4. The van der Waals surface area contributed by atoms with Crippen LogP contribution in [0.4, 0.5) is 19.1 Å². The quantitative estimate of drug-likeness (QED) is 0.758. The van der Waals surface area contributed by atoms with E-state index in [9.17, 15) is 13.2 Å². The third kappa shape index (κ3) is 5.87. The molecule has 12 heteroatoms. The number of carbonyl (C=O) groups is 1. The molecular weight excluding hydrogens is 391 g/mol. The van der Waals surface area contributed by atoms with Gasteiger partial charge in [-0.2, -0.15) is 18.3 Å². The van der Waals surface area contributed by atoms with Gasteiger partial charge in [0.15, 0.2) is 0 Å². The van der Waals surface area contributed by atoms with E-state index in [1.807, 2.05) is 43.1 Å². The number of aryl methyl sites for hydroxylation is 1. The highest BCUT2D eigenvalue weighted by Gasteiger charge is 2.38. The lowest BCUT2D eigenvalue weighted by Crippen LogP contribution is -2.32. The van der Waals surface area contributed by atoms with E-state index in [1.165, 1.54) is 17.0 Å². The van der Waals surface area contributed by atoms with Crippen LogP contribution in [0.1, 0.15) is 22.5 Å². The molecule has 3 rings (SSSR count). The first kappa shape index (κ1) is 22.6. The molecule has 0 aliphatic carbocycles. The molecule has 0 saturated heterocycles. The molecule has 1 aliphatic heterocycles. The Kier molecular flexibility index (Phi) is 7.14. The number of carboxylic acids is 1. The van der Waals surface area contributed by atoms with Gasteiger partial charge in [0.25, 0.3) is 0 Å². The van der Waals surface area contributed by atoms with Crippen molar-refractivity contribution in [3.05, 3.63) is 34.9 Å². The monoisotopic (exact) mass is 415 g/mol. The summed E-state index contributed by atoms with van der Waals surface area (Å²) in [7, 11) is 5.90. The van der Waals surface area contributed by atoms with E-state index in [0.29, 0.717) is 6.54 Å². The number of nitrogens with two attached hydrogens (primary N) is 1. The van der Waals surface area contributed by atoms with Crippen molar-refractivity contribution in [3.8, 4) is 0 Å². The zero-order chi connectivity index (χ0) is 21.8. The Bertz CT molecular complexity index is 852. The number of rotatable bonds is 4. The molecule has 0 aromatic carbocycles. The minimum Gasteiger partial charge on any atom is -0.475 e. The average Bonchev–Trinajstić information content (AvgIpc) is 3.00. The Hall–Kier alpha value is -2.73. The number of fused-ring (bicyclic) bond motifs is 1. The second-order valence-electron chi connectivity index (χ2n) is 6.74. The fourth-order valence-electron chi connectivity index (χ4n) is 2.81. The molecule has 3 heterocycles. The Morgan fingerprint density at radius 1 is 1.34 bits per heavy atom. The first-order chi connectivity index (χ1) is 13.5. The van der Waals surface area contributed by atoms with E-state index in [4.69, 9.17) is 15.6 Å². The zero-order valence-corrected chi connectivity index (χ0v) is 16.4. The van der Waals surface area contributed by atoms with Gasteiger partial charge in [-0.1, -0.05) is 0 Å². The molecule has 0 radical (unpaired) electrons. The van der Waals surface area contributed by atoms with Gasteiger partial charge in [0.1, 0.15) is 0 Å². The molecule has 2 aromatic rings. The molecule has 1 aliphatic rings. The van der Waals surface area contributed by atoms with E-state index >= 15 is 0 Å². The molecule has 3 N–H and O–H groups in total. The van der Waals surface area contributed by atoms with Gasteiger partial charge < -0.3 is 15.7 Å². The maximum atomic E-state index is 10.6. The van der Waals surface area contributed by atoms with Crippen molar-refractivity contribution in [3.63, 3.8) is 0 Å². The van der Waals surface area contributed by atoms with E-state index in [1.54, 1.807) is 0 Å². The molecule has 9 nitrogen and oxygen atoms in total. The van der Waals surface area contributed by atoms with Crippen molar-refractivity contribution in [1.82, 2.24) is 24.6 Å². The highest BCUT2D eigenvalue weighted by Crippen LogP contribution is 2.21. The number of aromatic nitrogens is 4. The lowest BCUT2D eigenvalue weighted by molar-refractivity contribution is -0.192. The average molecular weight is 415 g/mol. The van der Waals surface area contributed by atoms with Crippen LogP contribution in [0.15, 0.2) is 12.4 Å². The topological polar surface area (TPSA) is 113 Å². The third-order valence-electron chi connectivity index (χ3n) is 4.38. The van der Waals surface area contributed by atoms with Crippen molar-refractivity contribution >= 4 is 11.9 Å². The summed E-state index contributed by atoms with van der Waals surface area (Å²) >= 11 is 0. The maximum absolute atomic E-state index is 10.6. The van der Waals surface area contributed by atoms with Crippen molar-refractivity contribution in [2.75, 3.05) is 25.5 Å². The van der Waals surface area contributed by atoms with E-state index < -0.39 is 12.1 Å². The SMILES string of the molecule is CN(C)c1ncc2c(n1)CCN(Cc1c(CN)cnn1C)C2.O=C(O)C(F)(F)F. The van der Waals surface area contributed by atoms with Crippen molar-refractivity contribution in [2.24, 2.45) is 12.8 Å². The van der Waals surface area contributed by atoms with Gasteiger partial charge in [0, 0.05) is 71.1 Å². The van der Waals surface area contributed by atoms with Gasteiger partial charge in [-0.25, -0.2) is 14.8 Å². The number of halogens is 3. The molecular formula is C17H24F3N7O2. The summed E-state index contributed by atoms with van der Waals surface area (Å²) in [6.45, 7) is 3.26. The Labute approximate surface area is 165 Å². The Balaban J connectivity index is 0.000000370. The summed E-state index contributed by atoms with van der Waals surface area (Å²) in [5.41, 5.74) is 10.5. The van der Waals surface area contributed by atoms with Crippen molar-refractivity contribution in [1.29, 1.82) is 0 Å². The number of anilines is 1. The van der Waals surface area contributed by atoms with Gasteiger partial charge in [-0.3, -0.25) is 9.58 Å². The molecule has 0 fully saturated rings. The van der Waals surface area contributed by atoms with Gasteiger partial charge in [-0.05, 0) is 0 Å². The van der Waals surface area contributed by atoms with Crippen molar-refractivity contribution in [2.45, 2.75) is 32.2 Å². The summed E-state index contributed by atoms with van der Waals surface area (Å²) < 4.78 is 33.7. The van der Waals surface area contributed by atoms with E-state index in [-0.39, 0.29) is 0 Å². The molecule has 0 saturated carbocycles. The standard InChI is InChI=1S/C15H23N7.C2HF3O2/c1-20(2)15-17-7-12-9-22(5-4-13(12)19-15)10-14-11(6-16)8-18-21(14)3;3-2(4,5)1(6)7/h7-8H,4-6,9-10,16H2,1-3H3;(H,6,7). The second kappa shape index (κ2) is 9.18. The van der Waals surface area contributed by atoms with Crippen LogP contribution in [0.3, 0.4) is 0 Å². The second-order valence-corrected chi connectivity index (χ2v) is 6.74. The predicted octanol–water partition coefficient (Wildman–Crippen LogP) is 0.926. The van der Waals surface area contributed by atoms with Crippen LogP contribution in [0.25, 0.3) is 0 Å². The normalized spacial score (nSPS) is 14.0. The largest absolute Gasteiger partial charge is 0.490 e. The van der Waals surface area contributed by atoms with Gasteiger partial charge >= 0.3 is 12.1 Å². The van der Waals surface area contributed by atoms with Crippen LogP contribution in [0.5, 0.6) is 0 Å². The molecule has 29 heavy (non-hydrogen) atoms. The molecule has 0 bridgehead atoms. The number of nitrogens with zero attached hydrogens (tertiary/aromatic N) is 6. The molecule has 0 atom stereocenters. The smallest absolute Gasteiger partial charge is 0.475 e. The molecule has 0 unspecified atom stereocenters. The summed E-state index contributed by atoms with van der Waals surface area (Å²) in [6, 6.07) is 0. The van der Waals surface area contributed by atoms with Crippen LogP contribution in [0, 0.1) is 0 Å². The first-order valence-electron chi connectivity index (χ1n) is 8.77. The van der Waals surface area contributed by atoms with Gasteiger partial charge in [-0.15, -0.1) is 0 Å². The molecule has 160 valence electrons. The Morgan fingerprint density at radius 2 is 2.00 bits per heavy atom. The molecule has 2 aromatic heterocycles. The maximum Gasteiger partial charge on any atom is 0.490 e. The van der Waals surface area contributed by atoms with E-state index in [0.717, 1.165) is 37.6 Å². The van der Waals surface area contributed by atoms with Crippen molar-refractivity contribution < 1.29 is 23.1 Å². The molecule has 0 spiro atoms. The summed E-state index contributed by atoms with van der Waals surface area (Å²) in [5.74, 6) is -1.98.